The molecule has 0 aliphatic rings. The molecular weight excluding hydrogens is 670 g/mol. The maximum atomic E-state index is 12.4. The standard InChI is InChI=1S/C35H55N3O13/c1-35(2,3)51-32(41)27-36-31(40)10-12-44-14-16-46-18-20-48-22-24-50-26-25-49-23-21-47-19-17-45-15-13-43-11-6-9-30(39)33-34(42)38-29-8-5-4-7-28(29)37-33/h4-5,7-8H,6,9-27H2,1-3H3,(H,36,40)(H,38,42). The number of aromatic amines is 1. The first-order valence-corrected chi connectivity index (χ1v) is 17.3. The van der Waals surface area contributed by atoms with Gasteiger partial charge in [0.15, 0.2) is 11.5 Å². The van der Waals surface area contributed by atoms with Crippen molar-refractivity contribution in [3.8, 4) is 0 Å². The smallest absolute Gasteiger partial charge is 0.325 e. The third kappa shape index (κ3) is 23.0. The Kier molecular flexibility index (Phi) is 23.5. The molecule has 16 nitrogen and oxygen atoms in total. The molecule has 0 radical (unpaired) electrons. The molecule has 0 saturated heterocycles. The average molecular weight is 726 g/mol. The number of aromatic nitrogens is 2. The van der Waals surface area contributed by atoms with Gasteiger partial charge in [-0.2, -0.15) is 0 Å². The predicted octanol–water partition coefficient (Wildman–Crippen LogP) is 1.87. The van der Waals surface area contributed by atoms with Gasteiger partial charge in [0.25, 0.3) is 5.56 Å². The Hall–Kier alpha value is -3.35. The summed E-state index contributed by atoms with van der Waals surface area (Å²) in [5.74, 6) is -1.07. The van der Waals surface area contributed by atoms with Crippen molar-refractivity contribution in [3.63, 3.8) is 0 Å². The third-order valence-corrected chi connectivity index (χ3v) is 6.48. The molecular formula is C35H55N3O13. The number of H-pyrrole nitrogens is 1. The molecule has 1 amide bonds. The highest BCUT2D eigenvalue weighted by Gasteiger charge is 2.17. The van der Waals surface area contributed by atoms with E-state index in [1.807, 2.05) is 0 Å². The van der Waals surface area contributed by atoms with E-state index < -0.39 is 17.1 Å². The number of hydrogen-bond donors (Lipinski definition) is 2. The van der Waals surface area contributed by atoms with Crippen LogP contribution in [0.5, 0.6) is 0 Å². The van der Waals surface area contributed by atoms with Crippen LogP contribution in [0, 0.1) is 0 Å². The van der Waals surface area contributed by atoms with E-state index in [0.29, 0.717) is 117 Å². The van der Waals surface area contributed by atoms with Crippen molar-refractivity contribution in [1.82, 2.24) is 15.3 Å². The Balaban J connectivity index is 1.23. The molecule has 0 bridgehead atoms. The minimum Gasteiger partial charge on any atom is -0.459 e. The summed E-state index contributed by atoms with van der Waals surface area (Å²) < 4.78 is 48.7. The Labute approximate surface area is 299 Å². The van der Waals surface area contributed by atoms with E-state index in [1.165, 1.54) is 0 Å². The number of Topliss-reactive ketones (excluding diaryl/α,β-unsaturated/α-hetero) is 1. The lowest BCUT2D eigenvalue weighted by Gasteiger charge is -2.19. The van der Waals surface area contributed by atoms with Crippen molar-refractivity contribution in [3.05, 3.63) is 40.3 Å². The SMILES string of the molecule is CC(C)(C)OC(=O)CNC(=O)CCOCCOCCOCCOCCOCCOCCOCCOCCCC(=O)c1nc2ccccc2[nH]c1=O. The second-order valence-corrected chi connectivity index (χ2v) is 12.0. The molecule has 2 N–H and O–H groups in total. The summed E-state index contributed by atoms with van der Waals surface area (Å²) in [5, 5.41) is 2.50. The van der Waals surface area contributed by atoms with E-state index in [-0.39, 0.29) is 43.4 Å². The number of ether oxygens (including phenoxy) is 9. The highest BCUT2D eigenvalue weighted by molar-refractivity contribution is 5.95. The predicted molar refractivity (Wildman–Crippen MR) is 186 cm³/mol. The van der Waals surface area contributed by atoms with Crippen molar-refractivity contribution in [1.29, 1.82) is 0 Å². The van der Waals surface area contributed by atoms with Gasteiger partial charge in [-0.25, -0.2) is 4.98 Å². The number of rotatable bonds is 31. The van der Waals surface area contributed by atoms with Crippen LogP contribution in [0.15, 0.2) is 29.1 Å². The molecule has 0 spiro atoms. The van der Waals surface area contributed by atoms with E-state index in [4.69, 9.17) is 42.6 Å². The van der Waals surface area contributed by atoms with Crippen LogP contribution in [0.4, 0.5) is 0 Å². The number of carbonyl (C=O) groups is 3. The molecule has 2 aromatic rings. The molecule has 1 aromatic heterocycles. The molecule has 2 rings (SSSR count). The number of nitrogens with zero attached hydrogens (tertiary/aromatic N) is 1. The minimum absolute atomic E-state index is 0.0739. The van der Waals surface area contributed by atoms with Gasteiger partial charge in [0, 0.05) is 19.4 Å². The number of carbonyl (C=O) groups excluding carboxylic acids is 3. The molecule has 0 saturated carbocycles. The lowest BCUT2D eigenvalue weighted by Crippen LogP contribution is -2.35. The maximum absolute atomic E-state index is 12.4. The summed E-state index contributed by atoms with van der Waals surface area (Å²) in [5.41, 5.74) is 0.0343. The fourth-order valence-corrected chi connectivity index (χ4v) is 4.11. The van der Waals surface area contributed by atoms with Gasteiger partial charge in [-0.3, -0.25) is 19.2 Å². The second-order valence-electron chi connectivity index (χ2n) is 12.0. The highest BCUT2D eigenvalue weighted by Crippen LogP contribution is 2.08. The summed E-state index contributed by atoms with van der Waals surface area (Å²) >= 11 is 0. The number of para-hydroxylation sites is 2. The fraction of sp³-hybridized carbons (Fsp3) is 0.686. The molecule has 51 heavy (non-hydrogen) atoms. The Morgan fingerprint density at radius 3 is 1.59 bits per heavy atom. The highest BCUT2D eigenvalue weighted by atomic mass is 16.6. The van der Waals surface area contributed by atoms with Gasteiger partial charge >= 0.3 is 5.97 Å². The Morgan fingerprint density at radius 2 is 1.10 bits per heavy atom. The molecule has 0 aliphatic carbocycles. The molecule has 16 heteroatoms. The van der Waals surface area contributed by atoms with Crippen molar-refractivity contribution in [2.75, 3.05) is 112 Å². The molecule has 0 aliphatic heterocycles. The number of hydrogen-bond acceptors (Lipinski definition) is 14. The van der Waals surface area contributed by atoms with Gasteiger partial charge in [0.2, 0.25) is 5.91 Å². The lowest BCUT2D eigenvalue weighted by atomic mass is 10.1. The van der Waals surface area contributed by atoms with Crippen LogP contribution in [-0.2, 0) is 52.2 Å². The van der Waals surface area contributed by atoms with E-state index in [2.05, 4.69) is 15.3 Å². The van der Waals surface area contributed by atoms with Crippen LogP contribution in [0.1, 0.15) is 50.5 Å². The number of amides is 1. The summed E-state index contributed by atoms with van der Waals surface area (Å²) in [6, 6.07) is 7.08. The van der Waals surface area contributed by atoms with Crippen molar-refractivity contribution in [2.24, 2.45) is 0 Å². The van der Waals surface area contributed by atoms with Crippen molar-refractivity contribution in [2.45, 2.75) is 45.6 Å². The molecule has 1 heterocycles. The first-order valence-electron chi connectivity index (χ1n) is 17.3. The quantitative estimate of drug-likeness (QED) is 0.0650. The topological polar surface area (TPSA) is 192 Å². The van der Waals surface area contributed by atoms with E-state index in [0.717, 1.165) is 0 Å². The van der Waals surface area contributed by atoms with Crippen molar-refractivity contribution >= 4 is 28.7 Å². The van der Waals surface area contributed by atoms with Crippen LogP contribution in [0.25, 0.3) is 11.0 Å². The number of fused-ring (bicyclic) bond motifs is 1. The zero-order valence-electron chi connectivity index (χ0n) is 30.2. The molecule has 288 valence electrons. The van der Waals surface area contributed by atoms with Gasteiger partial charge in [-0.15, -0.1) is 0 Å². The van der Waals surface area contributed by atoms with E-state index in [9.17, 15) is 19.2 Å². The van der Waals surface area contributed by atoms with Gasteiger partial charge in [-0.05, 0) is 39.3 Å². The normalized spacial score (nSPS) is 11.6. The van der Waals surface area contributed by atoms with Crippen LogP contribution in [-0.4, -0.2) is 145 Å². The summed E-state index contributed by atoms with van der Waals surface area (Å²) in [6.45, 7) is 11.7. The summed E-state index contributed by atoms with van der Waals surface area (Å²) in [6.07, 6.45) is 0.805. The zero-order valence-corrected chi connectivity index (χ0v) is 30.2. The third-order valence-electron chi connectivity index (χ3n) is 6.48. The lowest BCUT2D eigenvalue weighted by molar-refractivity contribution is -0.154. The number of nitrogens with one attached hydrogen (secondary N) is 2. The van der Waals surface area contributed by atoms with Crippen LogP contribution >= 0.6 is 0 Å². The molecule has 0 unspecified atom stereocenters. The van der Waals surface area contributed by atoms with E-state index in [1.54, 1.807) is 45.0 Å². The molecule has 0 fully saturated rings. The Bertz CT molecular complexity index is 1320. The minimum atomic E-state index is -0.588. The number of ketones is 1. The Morgan fingerprint density at radius 1 is 0.647 bits per heavy atom. The number of esters is 1. The van der Waals surface area contributed by atoms with Crippen LogP contribution < -0.4 is 10.9 Å². The first kappa shape index (κ1) is 43.8. The largest absolute Gasteiger partial charge is 0.459 e. The first-order chi connectivity index (χ1) is 24.7. The molecule has 0 atom stereocenters. The van der Waals surface area contributed by atoms with Gasteiger partial charge in [0.1, 0.15) is 12.1 Å². The number of benzene rings is 1. The van der Waals surface area contributed by atoms with Gasteiger partial charge in [-0.1, -0.05) is 12.1 Å². The van der Waals surface area contributed by atoms with Crippen molar-refractivity contribution < 1.29 is 57.0 Å². The van der Waals surface area contributed by atoms with E-state index >= 15 is 0 Å². The second kappa shape index (κ2) is 27.3. The fourth-order valence-electron chi connectivity index (χ4n) is 4.11. The maximum Gasteiger partial charge on any atom is 0.325 e. The zero-order chi connectivity index (χ0) is 37.0. The monoisotopic (exact) mass is 725 g/mol. The average Bonchev–Trinajstić information content (AvgIpc) is 3.09. The molecule has 1 aromatic carbocycles. The van der Waals surface area contributed by atoms with Crippen LogP contribution in [0.3, 0.4) is 0 Å². The van der Waals surface area contributed by atoms with Gasteiger partial charge < -0.3 is 52.9 Å². The summed E-state index contributed by atoms with van der Waals surface area (Å²) in [4.78, 5) is 54.7. The van der Waals surface area contributed by atoms with Gasteiger partial charge in [0.05, 0.1) is 110 Å². The summed E-state index contributed by atoms with van der Waals surface area (Å²) in [7, 11) is 0. The van der Waals surface area contributed by atoms with Crippen LogP contribution in [0.2, 0.25) is 0 Å².